The molecule has 2 heterocycles. The third kappa shape index (κ3) is 5.88. The fourth-order valence-corrected chi connectivity index (χ4v) is 4.30. The molecule has 164 valence electrons. The first-order valence-electron chi connectivity index (χ1n) is 10.5. The lowest BCUT2D eigenvalue weighted by atomic mass is 10.1. The van der Waals surface area contributed by atoms with E-state index in [-0.39, 0.29) is 6.04 Å². The summed E-state index contributed by atoms with van der Waals surface area (Å²) in [5, 5.41) is 10.3. The first-order chi connectivity index (χ1) is 15.0. The molecule has 1 atom stereocenters. The quantitative estimate of drug-likeness (QED) is 0.485. The van der Waals surface area contributed by atoms with Crippen LogP contribution in [0.4, 0.5) is 11.4 Å². The standard InChI is InChI=1S/C15H19BrN4.C9H11NO/c1-17-12-7-11(15-14(16)10-18-19(15)2)8-13(9-12)20-5-3-4-6-20;1-8(10-7-11)9-5-3-2-4-6-9/h7-10,17H,3-6H2,1-2H3;2-8H,1H3,(H,10,11). The van der Waals surface area contributed by atoms with Crippen molar-refractivity contribution in [2.45, 2.75) is 25.8 Å². The fraction of sp³-hybridized carbons (Fsp3) is 0.333. The van der Waals surface area contributed by atoms with Crippen molar-refractivity contribution in [3.05, 3.63) is 64.8 Å². The maximum Gasteiger partial charge on any atom is 0.207 e. The Hall–Kier alpha value is -2.80. The molecule has 4 rings (SSSR count). The number of benzene rings is 2. The zero-order valence-corrected chi connectivity index (χ0v) is 19.9. The van der Waals surface area contributed by atoms with Crippen LogP contribution in [0.15, 0.2) is 59.2 Å². The van der Waals surface area contributed by atoms with Crippen LogP contribution in [0.3, 0.4) is 0 Å². The van der Waals surface area contributed by atoms with Crippen LogP contribution in [-0.4, -0.2) is 36.3 Å². The summed E-state index contributed by atoms with van der Waals surface area (Å²) in [4.78, 5) is 12.5. The summed E-state index contributed by atoms with van der Waals surface area (Å²) in [6, 6.07) is 16.6. The van der Waals surface area contributed by atoms with Crippen LogP contribution in [0.2, 0.25) is 0 Å². The Bertz CT molecular complexity index is 963. The average Bonchev–Trinajstić information content (AvgIpc) is 3.45. The number of amides is 1. The van der Waals surface area contributed by atoms with Crippen LogP contribution in [0.25, 0.3) is 11.3 Å². The lowest BCUT2D eigenvalue weighted by Gasteiger charge is -2.20. The molecule has 1 aliphatic heterocycles. The molecule has 3 aromatic rings. The van der Waals surface area contributed by atoms with Gasteiger partial charge in [-0.15, -0.1) is 0 Å². The minimum atomic E-state index is 0.105. The number of carbonyl (C=O) groups is 1. The first kappa shape index (κ1) is 22.9. The Labute approximate surface area is 192 Å². The van der Waals surface area contributed by atoms with E-state index in [1.54, 1.807) is 0 Å². The van der Waals surface area contributed by atoms with Crippen LogP contribution < -0.4 is 15.5 Å². The van der Waals surface area contributed by atoms with Crippen molar-refractivity contribution < 1.29 is 4.79 Å². The van der Waals surface area contributed by atoms with Gasteiger partial charge in [-0.05, 0) is 59.5 Å². The Balaban J connectivity index is 0.000000210. The summed E-state index contributed by atoms with van der Waals surface area (Å²) in [5.41, 5.74) is 5.85. The molecule has 1 fully saturated rings. The number of carbonyl (C=O) groups excluding carboxylic acids is 1. The van der Waals surface area contributed by atoms with Crippen molar-refractivity contribution >= 4 is 33.7 Å². The van der Waals surface area contributed by atoms with Crippen LogP contribution in [-0.2, 0) is 11.8 Å². The molecule has 7 heteroatoms. The predicted molar refractivity (Wildman–Crippen MR) is 131 cm³/mol. The largest absolute Gasteiger partial charge is 0.388 e. The molecule has 1 unspecified atom stereocenters. The highest BCUT2D eigenvalue weighted by atomic mass is 79.9. The van der Waals surface area contributed by atoms with Gasteiger partial charge in [0.2, 0.25) is 6.41 Å². The number of nitrogens with one attached hydrogen (secondary N) is 2. The van der Waals surface area contributed by atoms with Gasteiger partial charge in [0.05, 0.1) is 22.4 Å². The number of rotatable bonds is 6. The van der Waals surface area contributed by atoms with Gasteiger partial charge in [0.15, 0.2) is 0 Å². The summed E-state index contributed by atoms with van der Waals surface area (Å²) in [5.74, 6) is 0. The highest BCUT2D eigenvalue weighted by molar-refractivity contribution is 9.10. The van der Waals surface area contributed by atoms with E-state index in [9.17, 15) is 4.79 Å². The van der Waals surface area contributed by atoms with Crippen molar-refractivity contribution in [2.24, 2.45) is 7.05 Å². The van der Waals surface area contributed by atoms with E-state index in [1.165, 1.54) is 24.1 Å². The van der Waals surface area contributed by atoms with Crippen molar-refractivity contribution in [1.29, 1.82) is 0 Å². The molecule has 1 amide bonds. The van der Waals surface area contributed by atoms with E-state index >= 15 is 0 Å². The molecule has 6 nitrogen and oxygen atoms in total. The second-order valence-electron chi connectivity index (χ2n) is 7.59. The van der Waals surface area contributed by atoms with Crippen LogP contribution in [0.5, 0.6) is 0 Å². The van der Waals surface area contributed by atoms with Crippen LogP contribution in [0, 0.1) is 0 Å². The summed E-state index contributed by atoms with van der Waals surface area (Å²) < 4.78 is 2.94. The highest BCUT2D eigenvalue weighted by Crippen LogP contribution is 2.34. The van der Waals surface area contributed by atoms with E-state index < -0.39 is 0 Å². The zero-order valence-electron chi connectivity index (χ0n) is 18.3. The molecule has 0 bridgehead atoms. The summed E-state index contributed by atoms with van der Waals surface area (Å²) in [6.45, 7) is 4.25. The number of anilines is 2. The number of hydrogen-bond donors (Lipinski definition) is 2. The highest BCUT2D eigenvalue weighted by Gasteiger charge is 2.16. The monoisotopic (exact) mass is 483 g/mol. The number of nitrogens with zero attached hydrogens (tertiary/aromatic N) is 3. The SMILES string of the molecule is CC(NC=O)c1ccccc1.CNc1cc(-c2c(Br)cnn2C)cc(N2CCCC2)c1. The molecule has 0 spiro atoms. The van der Waals surface area contributed by atoms with Gasteiger partial charge in [-0.25, -0.2) is 0 Å². The normalized spacial score (nSPS) is 13.9. The molecular weight excluding hydrogens is 454 g/mol. The molecule has 0 aliphatic carbocycles. The second kappa shape index (κ2) is 11.0. The molecule has 1 saturated heterocycles. The van der Waals surface area contributed by atoms with Gasteiger partial charge in [0.1, 0.15) is 0 Å². The van der Waals surface area contributed by atoms with E-state index in [1.807, 2.05) is 62.2 Å². The summed E-state index contributed by atoms with van der Waals surface area (Å²) in [7, 11) is 3.94. The third-order valence-corrected chi connectivity index (χ3v) is 6.04. The lowest BCUT2D eigenvalue weighted by Crippen LogP contribution is -2.17. The van der Waals surface area contributed by atoms with Gasteiger partial charge in [-0.1, -0.05) is 30.3 Å². The molecule has 1 aliphatic rings. The molecular formula is C24H30BrN5O. The van der Waals surface area contributed by atoms with Crippen molar-refractivity contribution in [1.82, 2.24) is 15.1 Å². The maximum absolute atomic E-state index is 10.1. The minimum Gasteiger partial charge on any atom is -0.388 e. The van der Waals surface area contributed by atoms with Gasteiger partial charge >= 0.3 is 0 Å². The van der Waals surface area contributed by atoms with Gasteiger partial charge in [0, 0.05) is 44.1 Å². The van der Waals surface area contributed by atoms with E-state index in [0.717, 1.165) is 40.9 Å². The predicted octanol–water partition coefficient (Wildman–Crippen LogP) is 4.99. The maximum atomic E-state index is 10.1. The molecule has 31 heavy (non-hydrogen) atoms. The van der Waals surface area contributed by atoms with Crippen LogP contribution >= 0.6 is 15.9 Å². The van der Waals surface area contributed by atoms with Gasteiger partial charge in [0.25, 0.3) is 0 Å². The minimum absolute atomic E-state index is 0.105. The summed E-state index contributed by atoms with van der Waals surface area (Å²) >= 11 is 3.59. The molecule has 2 N–H and O–H groups in total. The third-order valence-electron chi connectivity index (χ3n) is 5.46. The van der Waals surface area contributed by atoms with Gasteiger partial charge in [-0.3, -0.25) is 9.48 Å². The van der Waals surface area contributed by atoms with E-state index in [0.29, 0.717) is 0 Å². The smallest absolute Gasteiger partial charge is 0.207 e. The topological polar surface area (TPSA) is 62.2 Å². The molecule has 1 aromatic heterocycles. The van der Waals surface area contributed by atoms with E-state index in [2.05, 4.69) is 54.8 Å². The van der Waals surface area contributed by atoms with Crippen molar-refractivity contribution in [2.75, 3.05) is 30.4 Å². The molecule has 2 aromatic carbocycles. The number of aryl methyl sites for hydroxylation is 1. The fourth-order valence-electron chi connectivity index (χ4n) is 3.73. The number of halogens is 1. The van der Waals surface area contributed by atoms with Crippen molar-refractivity contribution in [3.63, 3.8) is 0 Å². The Morgan fingerprint density at radius 3 is 2.42 bits per heavy atom. The second-order valence-corrected chi connectivity index (χ2v) is 8.45. The first-order valence-corrected chi connectivity index (χ1v) is 11.3. The van der Waals surface area contributed by atoms with Gasteiger partial charge < -0.3 is 15.5 Å². The summed E-state index contributed by atoms with van der Waals surface area (Å²) in [6.07, 6.45) is 5.14. The number of hydrogen-bond acceptors (Lipinski definition) is 4. The Morgan fingerprint density at radius 1 is 1.13 bits per heavy atom. The van der Waals surface area contributed by atoms with Crippen molar-refractivity contribution in [3.8, 4) is 11.3 Å². The molecule has 0 saturated carbocycles. The van der Waals surface area contributed by atoms with Crippen LogP contribution in [0.1, 0.15) is 31.4 Å². The zero-order chi connectivity index (χ0) is 22.2. The number of aromatic nitrogens is 2. The Kier molecular flexibility index (Phi) is 8.12. The Morgan fingerprint density at radius 2 is 1.84 bits per heavy atom. The molecule has 0 radical (unpaired) electrons. The average molecular weight is 484 g/mol. The van der Waals surface area contributed by atoms with Gasteiger partial charge in [-0.2, -0.15) is 5.10 Å². The van der Waals surface area contributed by atoms with E-state index in [4.69, 9.17) is 0 Å². The lowest BCUT2D eigenvalue weighted by molar-refractivity contribution is -0.110.